The van der Waals surface area contributed by atoms with Crippen molar-refractivity contribution in [3.05, 3.63) is 65.7 Å². The molecule has 2 atom stereocenters. The highest BCUT2D eigenvalue weighted by Gasteiger charge is 2.29. The molecule has 0 radical (unpaired) electrons. The molecule has 5 heteroatoms. The van der Waals surface area contributed by atoms with Crippen molar-refractivity contribution in [2.45, 2.75) is 58.7 Å². The van der Waals surface area contributed by atoms with Crippen LogP contribution in [0.5, 0.6) is 5.75 Å². The Bertz CT molecular complexity index is 774. The van der Waals surface area contributed by atoms with Gasteiger partial charge in [0.1, 0.15) is 11.8 Å². The van der Waals surface area contributed by atoms with Crippen LogP contribution in [0.4, 0.5) is 0 Å². The van der Waals surface area contributed by atoms with Crippen LogP contribution in [0.2, 0.25) is 0 Å². The monoisotopic (exact) mass is 396 g/mol. The van der Waals surface area contributed by atoms with Crippen LogP contribution in [0.3, 0.4) is 0 Å². The van der Waals surface area contributed by atoms with Crippen molar-refractivity contribution in [3.63, 3.8) is 0 Å². The Morgan fingerprint density at radius 1 is 0.966 bits per heavy atom. The number of amides is 2. The average molecular weight is 397 g/mol. The molecular formula is C24H32N2O3. The highest BCUT2D eigenvalue weighted by molar-refractivity contribution is 5.88. The van der Waals surface area contributed by atoms with E-state index in [4.69, 9.17) is 4.74 Å². The third-order valence-electron chi connectivity index (χ3n) is 5.10. The Labute approximate surface area is 174 Å². The Balaban J connectivity index is 2.24. The molecule has 0 bridgehead atoms. The normalized spacial score (nSPS) is 12.7. The van der Waals surface area contributed by atoms with Gasteiger partial charge in [0.25, 0.3) is 0 Å². The maximum absolute atomic E-state index is 13.2. The number of nitrogens with one attached hydrogen (secondary N) is 1. The van der Waals surface area contributed by atoms with Gasteiger partial charge in [-0.2, -0.15) is 0 Å². The zero-order valence-corrected chi connectivity index (χ0v) is 17.9. The molecule has 2 amide bonds. The number of carbonyl (C=O) groups is 2. The minimum absolute atomic E-state index is 0.0647. The fourth-order valence-electron chi connectivity index (χ4n) is 3.16. The molecule has 0 saturated carbocycles. The minimum atomic E-state index is -0.505. The van der Waals surface area contributed by atoms with Crippen molar-refractivity contribution in [2.75, 3.05) is 7.11 Å². The smallest absolute Gasteiger partial charge is 0.243 e. The van der Waals surface area contributed by atoms with Crippen LogP contribution < -0.4 is 10.1 Å². The van der Waals surface area contributed by atoms with Gasteiger partial charge >= 0.3 is 0 Å². The minimum Gasteiger partial charge on any atom is -0.497 e. The number of ether oxygens (including phenoxy) is 1. The van der Waals surface area contributed by atoms with E-state index in [0.29, 0.717) is 13.0 Å². The Kier molecular flexibility index (Phi) is 8.71. The van der Waals surface area contributed by atoms with Gasteiger partial charge in [0.15, 0.2) is 0 Å². The number of hydrogen-bond acceptors (Lipinski definition) is 3. The Hall–Kier alpha value is -2.82. The summed E-state index contributed by atoms with van der Waals surface area (Å²) in [6, 6.07) is 16.8. The van der Waals surface area contributed by atoms with E-state index in [2.05, 4.69) is 5.32 Å². The van der Waals surface area contributed by atoms with Crippen LogP contribution >= 0.6 is 0 Å². The third kappa shape index (κ3) is 6.63. The molecule has 5 nitrogen and oxygen atoms in total. The first-order valence-electron chi connectivity index (χ1n) is 10.2. The molecular weight excluding hydrogens is 364 g/mol. The molecule has 0 saturated heterocycles. The van der Waals surface area contributed by atoms with E-state index in [0.717, 1.165) is 23.3 Å². The van der Waals surface area contributed by atoms with Gasteiger partial charge in [-0.15, -0.1) is 0 Å². The largest absolute Gasteiger partial charge is 0.497 e. The first-order chi connectivity index (χ1) is 14.0. The molecule has 0 aliphatic heterocycles. The lowest BCUT2D eigenvalue weighted by Crippen LogP contribution is -2.51. The number of nitrogens with zero attached hydrogens (tertiary/aromatic N) is 1. The van der Waals surface area contributed by atoms with Gasteiger partial charge in [-0.3, -0.25) is 9.59 Å². The number of carbonyl (C=O) groups excluding carboxylic acids is 2. The molecule has 0 fully saturated rings. The summed E-state index contributed by atoms with van der Waals surface area (Å²) in [5, 5.41) is 3.03. The lowest BCUT2D eigenvalue weighted by Gasteiger charge is -2.31. The molecule has 1 N–H and O–H groups in total. The first-order valence-corrected chi connectivity index (χ1v) is 10.2. The van der Waals surface area contributed by atoms with E-state index in [1.807, 2.05) is 75.4 Å². The quantitative estimate of drug-likeness (QED) is 0.661. The molecule has 0 unspecified atom stereocenters. The third-order valence-corrected chi connectivity index (χ3v) is 5.10. The van der Waals surface area contributed by atoms with Crippen molar-refractivity contribution in [1.82, 2.24) is 10.2 Å². The second-order valence-corrected chi connectivity index (χ2v) is 7.27. The predicted octanol–water partition coefficient (Wildman–Crippen LogP) is 3.96. The summed E-state index contributed by atoms with van der Waals surface area (Å²) in [5.41, 5.74) is 1.90. The van der Waals surface area contributed by atoms with E-state index >= 15 is 0 Å². The Morgan fingerprint density at radius 3 is 2.17 bits per heavy atom. The van der Waals surface area contributed by atoms with Crippen molar-refractivity contribution >= 4 is 11.8 Å². The van der Waals surface area contributed by atoms with Crippen LogP contribution in [-0.4, -0.2) is 35.9 Å². The molecule has 0 spiro atoms. The lowest BCUT2D eigenvalue weighted by molar-refractivity contribution is -0.141. The van der Waals surface area contributed by atoms with Crippen LogP contribution in [-0.2, 0) is 22.6 Å². The number of rotatable bonds is 10. The maximum atomic E-state index is 13.2. The molecule has 0 aromatic heterocycles. The van der Waals surface area contributed by atoms with Crippen LogP contribution in [0.1, 0.15) is 44.7 Å². The van der Waals surface area contributed by atoms with Gasteiger partial charge in [-0.05, 0) is 43.0 Å². The zero-order valence-electron chi connectivity index (χ0n) is 17.9. The van der Waals surface area contributed by atoms with Crippen LogP contribution in [0.25, 0.3) is 0 Å². The van der Waals surface area contributed by atoms with E-state index in [1.165, 1.54) is 0 Å². The highest BCUT2D eigenvalue weighted by atomic mass is 16.5. The van der Waals surface area contributed by atoms with E-state index < -0.39 is 6.04 Å². The van der Waals surface area contributed by atoms with E-state index in [9.17, 15) is 9.59 Å². The second kappa shape index (κ2) is 11.2. The predicted molar refractivity (Wildman–Crippen MR) is 116 cm³/mol. The SMILES string of the molecule is CC[C@@H](C)NC(=O)[C@@H](CC)N(Cc1ccccc1)C(=O)Cc1ccc(OC)cc1. The van der Waals surface area contributed by atoms with Gasteiger partial charge in [0.05, 0.1) is 13.5 Å². The number of hydrogen-bond donors (Lipinski definition) is 1. The summed E-state index contributed by atoms with van der Waals surface area (Å²) in [6.45, 7) is 6.36. The molecule has 156 valence electrons. The summed E-state index contributed by atoms with van der Waals surface area (Å²) in [4.78, 5) is 27.8. The standard InChI is InChI=1S/C24H32N2O3/c1-5-18(3)25-24(28)22(6-2)26(17-20-10-8-7-9-11-20)23(27)16-19-12-14-21(29-4)15-13-19/h7-15,18,22H,5-6,16-17H2,1-4H3,(H,25,28)/t18-,22-/m1/s1. The number of benzene rings is 2. The van der Waals surface area contributed by atoms with Crippen molar-refractivity contribution < 1.29 is 14.3 Å². The topological polar surface area (TPSA) is 58.6 Å². The van der Waals surface area contributed by atoms with Gasteiger partial charge < -0.3 is 15.0 Å². The van der Waals surface area contributed by atoms with Crippen LogP contribution in [0.15, 0.2) is 54.6 Å². The summed E-state index contributed by atoms with van der Waals surface area (Å²) >= 11 is 0. The summed E-state index contributed by atoms with van der Waals surface area (Å²) < 4.78 is 5.19. The maximum Gasteiger partial charge on any atom is 0.243 e. The molecule has 2 aromatic carbocycles. The van der Waals surface area contributed by atoms with Gasteiger partial charge in [0.2, 0.25) is 11.8 Å². The van der Waals surface area contributed by atoms with E-state index in [-0.39, 0.29) is 24.3 Å². The summed E-state index contributed by atoms with van der Waals surface area (Å²) in [7, 11) is 1.61. The molecule has 0 aliphatic rings. The molecule has 2 aromatic rings. The van der Waals surface area contributed by atoms with Gasteiger partial charge in [-0.1, -0.05) is 56.3 Å². The molecule has 0 aliphatic carbocycles. The fourth-order valence-corrected chi connectivity index (χ4v) is 3.16. The molecule has 29 heavy (non-hydrogen) atoms. The van der Waals surface area contributed by atoms with Crippen molar-refractivity contribution in [2.24, 2.45) is 0 Å². The summed E-state index contributed by atoms with van der Waals surface area (Å²) in [6.07, 6.45) is 1.65. The summed E-state index contributed by atoms with van der Waals surface area (Å²) in [5.74, 6) is 0.590. The van der Waals surface area contributed by atoms with Gasteiger partial charge in [-0.25, -0.2) is 0 Å². The molecule has 2 rings (SSSR count). The van der Waals surface area contributed by atoms with Crippen molar-refractivity contribution in [1.29, 1.82) is 0 Å². The number of methoxy groups -OCH3 is 1. The van der Waals surface area contributed by atoms with E-state index in [1.54, 1.807) is 12.0 Å². The van der Waals surface area contributed by atoms with Gasteiger partial charge in [0, 0.05) is 12.6 Å². The zero-order chi connectivity index (χ0) is 21.2. The Morgan fingerprint density at radius 2 is 1.62 bits per heavy atom. The lowest BCUT2D eigenvalue weighted by atomic mass is 10.1. The average Bonchev–Trinajstić information content (AvgIpc) is 2.74. The second-order valence-electron chi connectivity index (χ2n) is 7.27. The van der Waals surface area contributed by atoms with Crippen LogP contribution in [0, 0.1) is 0 Å². The fraction of sp³-hybridized carbons (Fsp3) is 0.417. The first kappa shape index (κ1) is 22.5. The highest BCUT2D eigenvalue weighted by Crippen LogP contribution is 2.17. The molecule has 0 heterocycles. The van der Waals surface area contributed by atoms with Crippen molar-refractivity contribution in [3.8, 4) is 5.75 Å².